The molecule has 28 heavy (non-hydrogen) atoms. The van der Waals surface area contributed by atoms with E-state index in [0.717, 1.165) is 19.3 Å². The molecular weight excluding hydrogens is 362 g/mol. The van der Waals surface area contributed by atoms with Gasteiger partial charge in [-0.25, -0.2) is 9.59 Å². The van der Waals surface area contributed by atoms with Crippen molar-refractivity contribution < 1.29 is 23.9 Å². The van der Waals surface area contributed by atoms with Gasteiger partial charge < -0.3 is 24.6 Å². The van der Waals surface area contributed by atoms with Gasteiger partial charge in [-0.05, 0) is 67.7 Å². The highest BCUT2D eigenvalue weighted by molar-refractivity contribution is 5.86. The molecule has 160 valence electrons. The third-order valence-corrected chi connectivity index (χ3v) is 5.09. The lowest BCUT2D eigenvalue weighted by Crippen LogP contribution is -2.68. The number of hydrogen-bond acceptors (Lipinski definition) is 5. The molecule has 0 aromatic rings. The zero-order chi connectivity index (χ0) is 21.3. The summed E-state index contributed by atoms with van der Waals surface area (Å²) in [4.78, 5) is 40.6. The largest absolute Gasteiger partial charge is 0.444 e. The highest BCUT2D eigenvalue weighted by atomic mass is 16.6. The standard InChI is InChI=1S/C20H35N3O5/c1-14(21-16(25)27-18(2,3)4)15(24)23-13-10-20(23)8-11-22(12-9-20)17(26)28-19(5,6)7/h14H,8-13H2,1-7H3,(H,21,25)/t14-/m1/s1. The summed E-state index contributed by atoms with van der Waals surface area (Å²) in [5, 5.41) is 2.62. The monoisotopic (exact) mass is 397 g/mol. The van der Waals surface area contributed by atoms with E-state index in [2.05, 4.69) is 5.32 Å². The van der Waals surface area contributed by atoms with E-state index in [1.54, 1.807) is 32.6 Å². The van der Waals surface area contributed by atoms with E-state index in [-0.39, 0.29) is 17.5 Å². The fraction of sp³-hybridized carbons (Fsp3) is 0.850. The molecule has 2 rings (SSSR count). The number of nitrogens with one attached hydrogen (secondary N) is 1. The molecule has 1 N–H and O–H groups in total. The molecule has 1 atom stereocenters. The Kier molecular flexibility index (Phi) is 6.21. The van der Waals surface area contributed by atoms with E-state index in [1.807, 2.05) is 25.7 Å². The summed E-state index contributed by atoms with van der Waals surface area (Å²) in [5.41, 5.74) is -1.35. The van der Waals surface area contributed by atoms with Crippen LogP contribution in [0.1, 0.15) is 67.7 Å². The van der Waals surface area contributed by atoms with E-state index in [9.17, 15) is 14.4 Å². The molecule has 0 unspecified atom stereocenters. The highest BCUT2D eigenvalue weighted by Crippen LogP contribution is 2.40. The molecule has 8 nitrogen and oxygen atoms in total. The van der Waals surface area contributed by atoms with Crippen LogP contribution >= 0.6 is 0 Å². The van der Waals surface area contributed by atoms with Crippen LogP contribution in [0.25, 0.3) is 0 Å². The van der Waals surface area contributed by atoms with Crippen molar-refractivity contribution >= 4 is 18.1 Å². The number of carbonyl (C=O) groups is 3. The predicted octanol–water partition coefficient (Wildman–Crippen LogP) is 2.90. The molecule has 0 bridgehead atoms. The summed E-state index contributed by atoms with van der Waals surface area (Å²) in [6.07, 6.45) is 1.45. The van der Waals surface area contributed by atoms with Gasteiger partial charge in [0.15, 0.2) is 0 Å². The molecule has 1 spiro atoms. The van der Waals surface area contributed by atoms with E-state index in [0.29, 0.717) is 19.6 Å². The molecule has 2 aliphatic rings. The maximum absolute atomic E-state index is 12.9. The van der Waals surface area contributed by atoms with Gasteiger partial charge in [0.25, 0.3) is 0 Å². The third kappa shape index (κ3) is 5.52. The van der Waals surface area contributed by atoms with Crippen LogP contribution in [-0.4, -0.2) is 70.3 Å². The Morgan fingerprint density at radius 1 is 0.893 bits per heavy atom. The van der Waals surface area contributed by atoms with Gasteiger partial charge in [-0.2, -0.15) is 0 Å². The average Bonchev–Trinajstić information content (AvgIpc) is 2.50. The van der Waals surface area contributed by atoms with Crippen molar-refractivity contribution in [1.29, 1.82) is 0 Å². The molecular formula is C20H35N3O5. The summed E-state index contributed by atoms with van der Waals surface area (Å²) >= 11 is 0. The van der Waals surface area contributed by atoms with Gasteiger partial charge in [0, 0.05) is 25.2 Å². The Hall–Kier alpha value is -1.99. The number of carbonyl (C=O) groups excluding carboxylic acids is 3. The van der Waals surface area contributed by atoms with E-state index >= 15 is 0 Å². The zero-order valence-corrected chi connectivity index (χ0v) is 18.3. The molecule has 8 heteroatoms. The molecule has 0 radical (unpaired) electrons. The normalized spacial score (nSPS) is 20.2. The number of hydrogen-bond donors (Lipinski definition) is 1. The first-order chi connectivity index (χ1) is 12.7. The maximum atomic E-state index is 12.9. The minimum atomic E-state index is -0.657. The van der Waals surface area contributed by atoms with Gasteiger partial charge >= 0.3 is 12.2 Å². The number of rotatable bonds is 2. The van der Waals surface area contributed by atoms with Crippen LogP contribution < -0.4 is 5.32 Å². The van der Waals surface area contributed by atoms with Crippen LogP contribution in [0.2, 0.25) is 0 Å². The number of piperidine rings is 1. The van der Waals surface area contributed by atoms with Crippen molar-refractivity contribution in [2.45, 2.75) is 90.5 Å². The molecule has 0 aliphatic carbocycles. The number of ether oxygens (including phenoxy) is 2. The van der Waals surface area contributed by atoms with Crippen molar-refractivity contribution in [2.75, 3.05) is 19.6 Å². The Morgan fingerprint density at radius 2 is 1.39 bits per heavy atom. The molecule has 2 saturated heterocycles. The summed E-state index contributed by atoms with van der Waals surface area (Å²) in [5.74, 6) is -0.108. The topological polar surface area (TPSA) is 88.2 Å². The van der Waals surface area contributed by atoms with Gasteiger partial charge in [-0.3, -0.25) is 4.79 Å². The molecule has 2 fully saturated rings. The summed E-state index contributed by atoms with van der Waals surface area (Å²) in [6, 6.07) is -0.657. The van der Waals surface area contributed by atoms with Gasteiger partial charge in [0.05, 0.1) is 0 Å². The van der Waals surface area contributed by atoms with E-state index < -0.39 is 23.3 Å². The second kappa shape index (κ2) is 7.79. The Labute approximate surface area is 167 Å². The molecule has 2 aliphatic heterocycles. The molecule has 0 aromatic carbocycles. The Bertz CT molecular complexity index is 612. The van der Waals surface area contributed by atoms with Gasteiger partial charge in [0.1, 0.15) is 17.2 Å². The van der Waals surface area contributed by atoms with Crippen molar-refractivity contribution in [1.82, 2.24) is 15.1 Å². The lowest BCUT2D eigenvalue weighted by molar-refractivity contribution is -0.153. The third-order valence-electron chi connectivity index (χ3n) is 5.09. The van der Waals surface area contributed by atoms with Crippen molar-refractivity contribution in [3.05, 3.63) is 0 Å². The number of likely N-dealkylation sites (tertiary alicyclic amines) is 2. The SMILES string of the molecule is C[C@@H](NC(=O)OC(C)(C)C)C(=O)N1CCC12CCN(C(=O)OC(C)(C)C)CC2. The first-order valence-electron chi connectivity index (χ1n) is 10.0. The van der Waals surface area contributed by atoms with Crippen molar-refractivity contribution in [3.63, 3.8) is 0 Å². The van der Waals surface area contributed by atoms with Gasteiger partial charge in [-0.1, -0.05) is 0 Å². The van der Waals surface area contributed by atoms with Crippen LogP contribution in [0.3, 0.4) is 0 Å². The fourth-order valence-corrected chi connectivity index (χ4v) is 3.62. The minimum Gasteiger partial charge on any atom is -0.444 e. The molecule has 0 aromatic heterocycles. The fourth-order valence-electron chi connectivity index (χ4n) is 3.62. The second-order valence-corrected chi connectivity index (χ2v) is 9.80. The smallest absolute Gasteiger partial charge is 0.410 e. The van der Waals surface area contributed by atoms with Gasteiger partial charge in [-0.15, -0.1) is 0 Å². The maximum Gasteiger partial charge on any atom is 0.410 e. The number of alkyl carbamates (subject to hydrolysis) is 1. The van der Waals surface area contributed by atoms with E-state index in [4.69, 9.17) is 9.47 Å². The number of nitrogens with zero attached hydrogens (tertiary/aromatic N) is 2. The first-order valence-corrected chi connectivity index (χ1v) is 10.0. The summed E-state index contributed by atoms with van der Waals surface area (Å²) < 4.78 is 10.7. The van der Waals surface area contributed by atoms with Crippen molar-refractivity contribution in [2.24, 2.45) is 0 Å². The average molecular weight is 398 g/mol. The first kappa shape index (κ1) is 22.3. The predicted molar refractivity (Wildman–Crippen MR) is 105 cm³/mol. The Balaban J connectivity index is 1.89. The lowest BCUT2D eigenvalue weighted by atomic mass is 9.76. The van der Waals surface area contributed by atoms with Crippen LogP contribution in [0.15, 0.2) is 0 Å². The minimum absolute atomic E-state index is 0.108. The molecule has 2 heterocycles. The van der Waals surface area contributed by atoms with Crippen LogP contribution in [-0.2, 0) is 14.3 Å². The lowest BCUT2D eigenvalue weighted by Gasteiger charge is -2.56. The Morgan fingerprint density at radius 3 is 1.82 bits per heavy atom. The van der Waals surface area contributed by atoms with Crippen molar-refractivity contribution in [3.8, 4) is 0 Å². The quantitative estimate of drug-likeness (QED) is 0.774. The van der Waals surface area contributed by atoms with Crippen LogP contribution in [0.4, 0.5) is 9.59 Å². The van der Waals surface area contributed by atoms with Crippen LogP contribution in [0, 0.1) is 0 Å². The summed E-state index contributed by atoms with van der Waals surface area (Å²) in [6.45, 7) is 14.4. The summed E-state index contributed by atoms with van der Waals surface area (Å²) in [7, 11) is 0. The van der Waals surface area contributed by atoms with Crippen LogP contribution in [0.5, 0.6) is 0 Å². The highest BCUT2D eigenvalue weighted by Gasteiger charge is 2.50. The number of amides is 3. The van der Waals surface area contributed by atoms with Gasteiger partial charge in [0.2, 0.25) is 5.91 Å². The second-order valence-electron chi connectivity index (χ2n) is 9.80. The molecule has 0 saturated carbocycles. The van der Waals surface area contributed by atoms with E-state index in [1.165, 1.54) is 0 Å². The zero-order valence-electron chi connectivity index (χ0n) is 18.3. The molecule has 3 amide bonds.